The molecule has 2 N–H and O–H groups in total. The molecule has 0 saturated carbocycles. The van der Waals surface area contributed by atoms with Crippen molar-refractivity contribution in [1.29, 1.82) is 5.26 Å². The summed E-state index contributed by atoms with van der Waals surface area (Å²) in [7, 11) is 0. The highest BCUT2D eigenvalue weighted by molar-refractivity contribution is 5.94. The van der Waals surface area contributed by atoms with Crippen molar-refractivity contribution in [2.75, 3.05) is 39.3 Å². The first-order chi connectivity index (χ1) is 15.0. The van der Waals surface area contributed by atoms with Crippen molar-refractivity contribution in [1.82, 2.24) is 15.5 Å². The van der Waals surface area contributed by atoms with E-state index in [1.807, 2.05) is 25.1 Å². The zero-order chi connectivity index (χ0) is 21.8. The number of nitriles is 1. The van der Waals surface area contributed by atoms with Crippen LogP contribution in [0, 0.1) is 16.7 Å². The van der Waals surface area contributed by atoms with Crippen LogP contribution in [0.2, 0.25) is 0 Å². The number of allylic oxidation sites excluding steroid dienone is 2. The smallest absolute Gasteiger partial charge is 0.251 e. The minimum atomic E-state index is -0.326. The Hall–Kier alpha value is -2.88. The molecule has 3 aliphatic heterocycles. The fourth-order valence-corrected chi connectivity index (χ4v) is 4.57. The van der Waals surface area contributed by atoms with Crippen LogP contribution in [0.5, 0.6) is 0 Å². The fraction of sp³-hybridized carbons (Fsp3) is 0.440. The molecule has 0 radical (unpaired) electrons. The summed E-state index contributed by atoms with van der Waals surface area (Å²) in [6.45, 7) is 11.7. The normalized spacial score (nSPS) is 22.1. The quantitative estimate of drug-likeness (QED) is 0.695. The molecule has 0 bridgehead atoms. The Bertz CT molecular complexity index is 968. The summed E-state index contributed by atoms with van der Waals surface area (Å²) >= 11 is 0. The Kier molecular flexibility index (Phi) is 6.26. The summed E-state index contributed by atoms with van der Waals surface area (Å²) in [5, 5.41) is 15.7. The minimum Gasteiger partial charge on any atom is -0.375 e. The summed E-state index contributed by atoms with van der Waals surface area (Å²) in [4.78, 5) is 15.1. The van der Waals surface area contributed by atoms with Gasteiger partial charge in [-0.25, -0.2) is 0 Å². The van der Waals surface area contributed by atoms with Crippen LogP contribution < -0.4 is 10.6 Å². The van der Waals surface area contributed by atoms with E-state index < -0.39 is 0 Å². The van der Waals surface area contributed by atoms with Gasteiger partial charge in [-0.3, -0.25) is 4.79 Å². The number of hydrogen-bond acceptors (Lipinski definition) is 5. The van der Waals surface area contributed by atoms with Gasteiger partial charge in [-0.1, -0.05) is 18.7 Å². The van der Waals surface area contributed by atoms with Crippen LogP contribution in [0.15, 0.2) is 54.3 Å². The van der Waals surface area contributed by atoms with Crippen LogP contribution in [-0.2, 0) is 11.3 Å². The summed E-state index contributed by atoms with van der Waals surface area (Å²) in [5.41, 5.74) is 4.86. The van der Waals surface area contributed by atoms with Gasteiger partial charge in [0.2, 0.25) is 0 Å². The van der Waals surface area contributed by atoms with Gasteiger partial charge in [-0.2, -0.15) is 5.26 Å². The first-order valence-electron chi connectivity index (χ1n) is 10.9. The Morgan fingerprint density at radius 3 is 3.00 bits per heavy atom. The highest BCUT2D eigenvalue weighted by Crippen LogP contribution is 2.36. The first kappa shape index (κ1) is 21.4. The minimum absolute atomic E-state index is 0.159. The van der Waals surface area contributed by atoms with E-state index in [1.54, 1.807) is 6.07 Å². The van der Waals surface area contributed by atoms with Crippen molar-refractivity contribution in [2.24, 2.45) is 5.41 Å². The second-order valence-electron chi connectivity index (χ2n) is 8.80. The highest BCUT2D eigenvalue weighted by atomic mass is 16.5. The van der Waals surface area contributed by atoms with Crippen LogP contribution in [0.4, 0.5) is 0 Å². The van der Waals surface area contributed by atoms with Gasteiger partial charge in [0.25, 0.3) is 5.91 Å². The van der Waals surface area contributed by atoms with Gasteiger partial charge >= 0.3 is 0 Å². The number of amides is 1. The van der Waals surface area contributed by atoms with Crippen molar-refractivity contribution < 1.29 is 9.53 Å². The van der Waals surface area contributed by atoms with E-state index in [0.717, 1.165) is 48.6 Å². The highest BCUT2D eigenvalue weighted by Gasteiger charge is 2.43. The van der Waals surface area contributed by atoms with Crippen LogP contribution in [-0.4, -0.2) is 50.1 Å². The zero-order valence-electron chi connectivity index (χ0n) is 18.1. The van der Waals surface area contributed by atoms with Crippen molar-refractivity contribution in [2.45, 2.75) is 25.9 Å². The first-order valence-corrected chi connectivity index (χ1v) is 10.9. The van der Waals surface area contributed by atoms with Crippen LogP contribution in [0.25, 0.3) is 0 Å². The number of likely N-dealkylation sites (tertiary alicyclic amines) is 1. The molecule has 2 fully saturated rings. The number of carbonyl (C=O) groups excluding carboxylic acids is 1. The standard InChI is InChI=1S/C25H30N4O2/c1-3-4-22(29-8-7-25(17-29)15-27-16-25)9-18(2)12-28-24(30)19-5-6-20-13-31-14-21(11-26)23(20)10-19/h3-6,9-10,21,27H,2,7-8,12-17H2,1H3,(H,28,30)/b4-3-,22-9+. The second kappa shape index (κ2) is 9.09. The second-order valence-corrected chi connectivity index (χ2v) is 8.80. The molecular formula is C25H30N4O2. The van der Waals surface area contributed by atoms with Crippen molar-refractivity contribution in [3.63, 3.8) is 0 Å². The molecule has 1 amide bonds. The number of benzene rings is 1. The maximum absolute atomic E-state index is 12.7. The maximum atomic E-state index is 12.7. The lowest BCUT2D eigenvalue weighted by atomic mass is 9.81. The number of hydrogen-bond donors (Lipinski definition) is 2. The zero-order valence-corrected chi connectivity index (χ0v) is 18.1. The van der Waals surface area contributed by atoms with E-state index in [4.69, 9.17) is 4.74 Å². The molecule has 6 nitrogen and oxygen atoms in total. The van der Waals surface area contributed by atoms with Gasteiger partial charge in [-0.05, 0) is 54.3 Å². The van der Waals surface area contributed by atoms with Gasteiger partial charge in [0.15, 0.2) is 0 Å². The molecule has 31 heavy (non-hydrogen) atoms. The number of ether oxygens (including phenoxy) is 1. The fourth-order valence-electron chi connectivity index (χ4n) is 4.57. The lowest BCUT2D eigenvalue weighted by molar-refractivity contribution is 0.0952. The Morgan fingerprint density at radius 2 is 2.32 bits per heavy atom. The largest absolute Gasteiger partial charge is 0.375 e. The van der Waals surface area contributed by atoms with E-state index in [0.29, 0.717) is 30.7 Å². The molecule has 3 heterocycles. The van der Waals surface area contributed by atoms with E-state index in [9.17, 15) is 10.1 Å². The molecule has 1 aromatic rings. The Morgan fingerprint density at radius 1 is 1.48 bits per heavy atom. The molecule has 1 unspecified atom stereocenters. The molecular weight excluding hydrogens is 388 g/mol. The summed E-state index contributed by atoms with van der Waals surface area (Å²) in [5.74, 6) is -0.485. The third kappa shape index (κ3) is 4.58. The number of rotatable bonds is 6. The van der Waals surface area contributed by atoms with E-state index in [2.05, 4.69) is 40.3 Å². The van der Waals surface area contributed by atoms with E-state index in [1.165, 1.54) is 6.42 Å². The molecule has 162 valence electrons. The third-order valence-corrected chi connectivity index (χ3v) is 6.45. The van der Waals surface area contributed by atoms with Crippen LogP contribution in [0.1, 0.15) is 40.7 Å². The Labute approximate surface area is 184 Å². The van der Waals surface area contributed by atoms with Crippen LogP contribution in [0.3, 0.4) is 0 Å². The van der Waals surface area contributed by atoms with E-state index in [-0.39, 0.29) is 11.8 Å². The topological polar surface area (TPSA) is 77.4 Å². The van der Waals surface area contributed by atoms with Crippen LogP contribution >= 0.6 is 0 Å². The average Bonchev–Trinajstić information content (AvgIpc) is 3.23. The van der Waals surface area contributed by atoms with Gasteiger partial charge in [0, 0.05) is 49.4 Å². The monoisotopic (exact) mass is 418 g/mol. The van der Waals surface area contributed by atoms with E-state index >= 15 is 0 Å². The molecule has 0 aromatic heterocycles. The van der Waals surface area contributed by atoms with Gasteiger partial charge in [-0.15, -0.1) is 0 Å². The molecule has 0 aliphatic carbocycles. The lowest BCUT2D eigenvalue weighted by Gasteiger charge is -2.39. The summed E-state index contributed by atoms with van der Waals surface area (Å²) < 4.78 is 5.45. The molecule has 4 rings (SSSR count). The predicted molar refractivity (Wildman–Crippen MR) is 120 cm³/mol. The average molecular weight is 419 g/mol. The van der Waals surface area contributed by atoms with Gasteiger partial charge in [0.05, 0.1) is 25.2 Å². The van der Waals surface area contributed by atoms with Crippen molar-refractivity contribution in [3.05, 3.63) is 71.0 Å². The maximum Gasteiger partial charge on any atom is 0.251 e. The number of fused-ring (bicyclic) bond motifs is 1. The predicted octanol–water partition coefficient (Wildman–Crippen LogP) is 2.87. The molecule has 6 heteroatoms. The van der Waals surface area contributed by atoms with Crippen molar-refractivity contribution in [3.8, 4) is 6.07 Å². The molecule has 2 saturated heterocycles. The molecule has 1 atom stereocenters. The van der Waals surface area contributed by atoms with Crippen molar-refractivity contribution >= 4 is 5.91 Å². The number of nitrogens with one attached hydrogen (secondary N) is 2. The Balaban J connectivity index is 1.38. The number of nitrogens with zero attached hydrogens (tertiary/aromatic N) is 2. The van der Waals surface area contributed by atoms with Gasteiger partial charge in [0.1, 0.15) is 0 Å². The number of carbonyl (C=O) groups is 1. The molecule has 1 aromatic carbocycles. The van der Waals surface area contributed by atoms with Gasteiger partial charge < -0.3 is 20.3 Å². The molecule has 3 aliphatic rings. The third-order valence-electron chi connectivity index (χ3n) is 6.45. The molecule has 1 spiro atoms. The lowest BCUT2D eigenvalue weighted by Crippen LogP contribution is -2.54. The summed E-state index contributed by atoms with van der Waals surface area (Å²) in [6, 6.07) is 7.75. The SMILES string of the molecule is C=C(/C=C(\C=C/C)N1CCC2(CNC2)C1)CNC(=O)c1ccc2c(c1)C(C#N)COC2. The summed E-state index contributed by atoms with van der Waals surface area (Å²) in [6.07, 6.45) is 7.45.